The number of aryl methyl sites for hydroxylation is 1. The Hall–Kier alpha value is -3.38. The van der Waals surface area contributed by atoms with E-state index < -0.39 is 15.6 Å². The van der Waals surface area contributed by atoms with Crippen molar-refractivity contribution in [2.45, 2.75) is 89.5 Å². The topological polar surface area (TPSA) is 64.0 Å². The highest BCUT2D eigenvalue weighted by molar-refractivity contribution is 7.92. The van der Waals surface area contributed by atoms with E-state index in [1.165, 1.54) is 31.2 Å². The number of aromatic nitrogens is 2. The molecule has 4 aromatic rings. The predicted molar refractivity (Wildman–Crippen MR) is 166 cm³/mol. The van der Waals surface area contributed by atoms with Crippen LogP contribution in [-0.2, 0) is 27.4 Å². The molecule has 0 atom stereocenters. The summed E-state index contributed by atoms with van der Waals surface area (Å²) in [5.74, 6) is 0.471. The van der Waals surface area contributed by atoms with Gasteiger partial charge in [-0.1, -0.05) is 120 Å². The first-order chi connectivity index (χ1) is 18.9. The van der Waals surface area contributed by atoms with E-state index in [0.29, 0.717) is 5.82 Å². The van der Waals surface area contributed by atoms with Gasteiger partial charge in [-0.3, -0.25) is 4.72 Å². The highest BCUT2D eigenvalue weighted by Crippen LogP contribution is 2.42. The van der Waals surface area contributed by atoms with Crippen LogP contribution < -0.4 is 4.72 Å². The molecule has 0 radical (unpaired) electrons. The largest absolute Gasteiger partial charge is 0.263 e. The Kier molecular flexibility index (Phi) is 8.89. The van der Waals surface area contributed by atoms with Gasteiger partial charge in [0.25, 0.3) is 10.0 Å². The lowest BCUT2D eigenvalue weighted by atomic mass is 9.87. The molecule has 0 unspecified atom stereocenters. The average Bonchev–Trinajstić information content (AvgIpc) is 3.32. The SMILES string of the molecule is CCCCCCc1ccc(-c2c(C(C)(C)C)nn(C(C)(C)c3ccccc3)c2NS(=O)(=O)c2ccccc2)cc1. The Morgan fingerprint density at radius 1 is 0.775 bits per heavy atom. The van der Waals surface area contributed by atoms with Gasteiger partial charge < -0.3 is 0 Å². The molecule has 3 aromatic carbocycles. The summed E-state index contributed by atoms with van der Waals surface area (Å²) in [6.07, 6.45) is 5.93. The first-order valence-corrected chi connectivity index (χ1v) is 15.8. The normalized spacial score (nSPS) is 12.4. The molecule has 5 nitrogen and oxygen atoms in total. The third-order valence-electron chi connectivity index (χ3n) is 7.45. The van der Waals surface area contributed by atoms with Gasteiger partial charge in [0.15, 0.2) is 0 Å². The zero-order chi connectivity index (χ0) is 29.0. The monoisotopic (exact) mass is 557 g/mol. The molecule has 0 aliphatic heterocycles. The summed E-state index contributed by atoms with van der Waals surface area (Å²) in [5.41, 5.74) is 3.97. The van der Waals surface area contributed by atoms with Crippen molar-refractivity contribution in [3.63, 3.8) is 0 Å². The van der Waals surface area contributed by atoms with Crippen LogP contribution in [0.4, 0.5) is 5.82 Å². The Morgan fingerprint density at radius 3 is 1.95 bits per heavy atom. The van der Waals surface area contributed by atoms with Crippen molar-refractivity contribution in [1.29, 1.82) is 0 Å². The summed E-state index contributed by atoms with van der Waals surface area (Å²) in [5, 5.41) is 5.17. The van der Waals surface area contributed by atoms with Crippen molar-refractivity contribution in [2.24, 2.45) is 0 Å². The molecule has 1 heterocycles. The molecule has 0 fully saturated rings. The highest BCUT2D eigenvalue weighted by Gasteiger charge is 2.36. The molecule has 6 heteroatoms. The summed E-state index contributed by atoms with van der Waals surface area (Å²) in [6.45, 7) is 12.7. The van der Waals surface area contributed by atoms with Crippen LogP contribution >= 0.6 is 0 Å². The van der Waals surface area contributed by atoms with E-state index in [-0.39, 0.29) is 10.3 Å². The van der Waals surface area contributed by atoms with Gasteiger partial charge in [-0.05, 0) is 55.5 Å². The molecule has 1 aromatic heterocycles. The van der Waals surface area contributed by atoms with E-state index in [1.54, 1.807) is 24.3 Å². The average molecular weight is 558 g/mol. The Bertz CT molecular complexity index is 1500. The second kappa shape index (κ2) is 12.0. The van der Waals surface area contributed by atoms with E-state index in [9.17, 15) is 8.42 Å². The first-order valence-electron chi connectivity index (χ1n) is 14.3. The number of sulfonamides is 1. The quantitative estimate of drug-likeness (QED) is 0.188. The third kappa shape index (κ3) is 6.49. The second-order valence-electron chi connectivity index (χ2n) is 12.1. The van der Waals surface area contributed by atoms with Crippen LogP contribution in [0.2, 0.25) is 0 Å². The molecule has 0 amide bonds. The number of nitrogens with one attached hydrogen (secondary N) is 1. The summed E-state index contributed by atoms with van der Waals surface area (Å²) in [6, 6.07) is 27.2. The van der Waals surface area contributed by atoms with Crippen molar-refractivity contribution < 1.29 is 8.42 Å². The highest BCUT2D eigenvalue weighted by atomic mass is 32.2. The van der Waals surface area contributed by atoms with Gasteiger partial charge in [0.1, 0.15) is 5.82 Å². The molecule has 1 N–H and O–H groups in total. The Balaban J connectivity index is 1.90. The summed E-state index contributed by atoms with van der Waals surface area (Å²) in [4.78, 5) is 0.214. The minimum absolute atomic E-state index is 0.214. The van der Waals surface area contributed by atoms with E-state index >= 15 is 0 Å². The van der Waals surface area contributed by atoms with Crippen LogP contribution in [0.3, 0.4) is 0 Å². The Labute approximate surface area is 240 Å². The zero-order valence-electron chi connectivity index (χ0n) is 24.7. The van der Waals surface area contributed by atoms with Crippen LogP contribution in [0, 0.1) is 0 Å². The standard InChI is InChI=1S/C34H43N3O2S/c1-7-8-9-12-17-26-22-24-27(25-23-26)30-31(33(2,3)4)35-37(34(5,6)28-18-13-10-14-19-28)32(30)36-40(38,39)29-20-15-11-16-21-29/h10-11,13-16,18-25,36H,7-9,12,17H2,1-6H3. The van der Waals surface area contributed by atoms with Gasteiger partial charge >= 0.3 is 0 Å². The van der Waals surface area contributed by atoms with Gasteiger partial charge in [-0.25, -0.2) is 13.1 Å². The Morgan fingerprint density at radius 2 is 1.38 bits per heavy atom. The molecule has 0 spiro atoms. The van der Waals surface area contributed by atoms with Crippen LogP contribution in [-0.4, -0.2) is 18.2 Å². The molecule has 0 aliphatic rings. The third-order valence-corrected chi connectivity index (χ3v) is 8.81. The van der Waals surface area contributed by atoms with Crippen molar-refractivity contribution in [1.82, 2.24) is 9.78 Å². The smallest absolute Gasteiger partial charge is 0.263 e. The maximum atomic E-state index is 13.7. The fourth-order valence-corrected chi connectivity index (χ4v) is 6.14. The van der Waals surface area contributed by atoms with E-state index in [0.717, 1.165) is 28.8 Å². The molecular weight excluding hydrogens is 514 g/mol. The summed E-state index contributed by atoms with van der Waals surface area (Å²) in [7, 11) is -3.88. The van der Waals surface area contributed by atoms with E-state index in [4.69, 9.17) is 5.10 Å². The maximum absolute atomic E-state index is 13.7. The van der Waals surface area contributed by atoms with Crippen LogP contribution in [0.25, 0.3) is 11.1 Å². The fourth-order valence-electron chi connectivity index (χ4n) is 5.06. The van der Waals surface area contributed by atoms with Crippen molar-refractivity contribution in [2.75, 3.05) is 4.72 Å². The maximum Gasteiger partial charge on any atom is 0.263 e. The van der Waals surface area contributed by atoms with Crippen molar-refractivity contribution in [3.05, 3.63) is 102 Å². The summed E-state index contributed by atoms with van der Waals surface area (Å²) < 4.78 is 32.3. The summed E-state index contributed by atoms with van der Waals surface area (Å²) >= 11 is 0. The zero-order valence-corrected chi connectivity index (χ0v) is 25.6. The molecule has 0 aliphatic carbocycles. The molecule has 212 valence electrons. The molecule has 4 rings (SSSR count). The van der Waals surface area contributed by atoms with E-state index in [2.05, 4.69) is 82.7 Å². The minimum Gasteiger partial charge on any atom is -0.263 e. The van der Waals surface area contributed by atoms with Crippen molar-refractivity contribution >= 4 is 15.8 Å². The lowest BCUT2D eigenvalue weighted by Crippen LogP contribution is -2.31. The molecule has 0 bridgehead atoms. The van der Waals surface area contributed by atoms with Crippen LogP contribution in [0.15, 0.2) is 89.8 Å². The molecule has 0 saturated carbocycles. The van der Waals surface area contributed by atoms with Gasteiger partial charge in [0.05, 0.1) is 16.1 Å². The van der Waals surface area contributed by atoms with Crippen LogP contribution in [0.5, 0.6) is 0 Å². The molecule has 0 saturated heterocycles. The second-order valence-corrected chi connectivity index (χ2v) is 13.8. The lowest BCUT2D eigenvalue weighted by Gasteiger charge is -2.28. The fraction of sp³-hybridized carbons (Fsp3) is 0.382. The van der Waals surface area contributed by atoms with E-state index in [1.807, 2.05) is 28.9 Å². The van der Waals surface area contributed by atoms with Gasteiger partial charge in [-0.2, -0.15) is 5.10 Å². The molecular formula is C34H43N3O2S. The number of hydrogen-bond acceptors (Lipinski definition) is 3. The van der Waals surface area contributed by atoms with Gasteiger partial charge in [0.2, 0.25) is 0 Å². The number of hydrogen-bond donors (Lipinski definition) is 1. The van der Waals surface area contributed by atoms with Crippen LogP contribution in [0.1, 0.15) is 84.0 Å². The molecule has 40 heavy (non-hydrogen) atoms. The van der Waals surface area contributed by atoms with Crippen molar-refractivity contribution in [3.8, 4) is 11.1 Å². The number of anilines is 1. The minimum atomic E-state index is -3.88. The number of benzene rings is 3. The van der Waals surface area contributed by atoms with Gasteiger partial charge in [0, 0.05) is 11.0 Å². The number of unbranched alkanes of at least 4 members (excludes halogenated alkanes) is 3. The first kappa shape index (κ1) is 29.6. The predicted octanol–water partition coefficient (Wildman–Crippen LogP) is 8.55. The van der Waals surface area contributed by atoms with Gasteiger partial charge in [-0.15, -0.1) is 0 Å². The number of nitrogens with zero attached hydrogens (tertiary/aromatic N) is 2. The lowest BCUT2D eigenvalue weighted by molar-refractivity contribution is 0.386. The number of rotatable bonds is 11.